The Kier molecular flexibility index (Phi) is 3.18. The van der Waals surface area contributed by atoms with Crippen molar-refractivity contribution in [1.82, 2.24) is 4.90 Å². The van der Waals surface area contributed by atoms with Crippen LogP contribution in [0.15, 0.2) is 24.3 Å². The molecule has 2 heteroatoms. The van der Waals surface area contributed by atoms with Crippen molar-refractivity contribution in [2.45, 2.75) is 50.5 Å². The number of rotatable bonds is 0. The van der Waals surface area contributed by atoms with Gasteiger partial charge in [-0.2, -0.15) is 0 Å². The number of likely N-dealkylation sites (tertiary alicyclic amines) is 1. The Labute approximate surface area is 122 Å². The lowest BCUT2D eigenvalue weighted by Crippen LogP contribution is -2.54. The van der Waals surface area contributed by atoms with Gasteiger partial charge < -0.3 is 0 Å². The van der Waals surface area contributed by atoms with E-state index in [0.29, 0.717) is 11.0 Å². The molecule has 2 unspecified atom stereocenters. The Morgan fingerprint density at radius 3 is 2.68 bits per heavy atom. The van der Waals surface area contributed by atoms with Crippen LogP contribution in [0.25, 0.3) is 0 Å². The lowest BCUT2D eigenvalue weighted by Gasteiger charge is -2.56. The Morgan fingerprint density at radius 1 is 1.00 bits per heavy atom. The molecule has 1 heterocycles. The molecule has 0 amide bonds. The first-order chi connectivity index (χ1) is 8.79. The first-order valence-corrected chi connectivity index (χ1v) is 7.58. The molecular weight excluding hydrogens is 254 g/mol. The van der Waals surface area contributed by atoms with Crippen molar-refractivity contribution in [3.05, 3.63) is 35.4 Å². The molecule has 0 N–H and O–H groups in total. The topological polar surface area (TPSA) is 3.24 Å². The van der Waals surface area contributed by atoms with Crippen LogP contribution in [0.4, 0.5) is 0 Å². The molecule has 0 aromatic heterocycles. The second-order valence-corrected chi connectivity index (χ2v) is 6.68. The number of nitrogens with zero attached hydrogens (tertiary/aromatic N) is 1. The van der Waals surface area contributed by atoms with Gasteiger partial charge in [0.1, 0.15) is 0 Å². The minimum Gasteiger partial charge on any atom is -0.296 e. The molecule has 104 valence electrons. The van der Waals surface area contributed by atoms with Gasteiger partial charge in [0.2, 0.25) is 0 Å². The molecule has 1 saturated heterocycles. The average Bonchev–Trinajstić information content (AvgIpc) is 2.74. The standard InChI is InChI=1S/C17H23N.ClH/c1-18-13-12-16-9-4-5-10-17(16,18)15-7-3-2-6-14(15)8-11-16;/h2-3,6-7H,4-5,8-13H2,1H3;1H. The molecule has 1 aromatic rings. The van der Waals surface area contributed by atoms with E-state index < -0.39 is 0 Å². The van der Waals surface area contributed by atoms with Gasteiger partial charge in [-0.05, 0) is 62.2 Å². The lowest BCUT2D eigenvalue weighted by atomic mass is 9.53. The zero-order valence-corrected chi connectivity index (χ0v) is 12.6. The highest BCUT2D eigenvalue weighted by Gasteiger charge is 2.60. The van der Waals surface area contributed by atoms with Gasteiger partial charge in [0.05, 0.1) is 5.54 Å². The van der Waals surface area contributed by atoms with Crippen molar-refractivity contribution in [3.63, 3.8) is 0 Å². The molecule has 4 rings (SSSR count). The molecule has 0 spiro atoms. The molecule has 2 atom stereocenters. The fraction of sp³-hybridized carbons (Fsp3) is 0.647. The summed E-state index contributed by atoms with van der Waals surface area (Å²) >= 11 is 0. The van der Waals surface area contributed by atoms with Crippen LogP contribution < -0.4 is 0 Å². The van der Waals surface area contributed by atoms with Crippen LogP contribution in [0, 0.1) is 5.41 Å². The summed E-state index contributed by atoms with van der Waals surface area (Å²) in [6, 6.07) is 9.27. The van der Waals surface area contributed by atoms with Crippen molar-refractivity contribution >= 4 is 12.4 Å². The zero-order chi connectivity index (χ0) is 12.2. The van der Waals surface area contributed by atoms with Gasteiger partial charge in [-0.1, -0.05) is 37.1 Å². The number of aryl methyl sites for hydroxylation is 1. The molecule has 1 saturated carbocycles. The van der Waals surface area contributed by atoms with E-state index in [9.17, 15) is 0 Å². The molecule has 3 aliphatic rings. The number of halogens is 1. The highest BCUT2D eigenvalue weighted by atomic mass is 35.5. The number of hydrogen-bond donors (Lipinski definition) is 0. The summed E-state index contributed by atoms with van der Waals surface area (Å²) in [5.41, 5.74) is 4.30. The maximum Gasteiger partial charge on any atom is 0.0517 e. The Hall–Kier alpha value is -0.530. The van der Waals surface area contributed by atoms with E-state index in [1.165, 1.54) is 51.5 Å². The maximum absolute atomic E-state index is 2.70. The fourth-order valence-corrected chi connectivity index (χ4v) is 5.41. The monoisotopic (exact) mass is 277 g/mol. The first kappa shape index (κ1) is 13.5. The van der Waals surface area contributed by atoms with Crippen LogP contribution >= 0.6 is 12.4 Å². The molecule has 0 bridgehead atoms. The van der Waals surface area contributed by atoms with Crippen LogP contribution in [0.5, 0.6) is 0 Å². The highest BCUT2D eigenvalue weighted by Crippen LogP contribution is 2.64. The second kappa shape index (κ2) is 4.49. The van der Waals surface area contributed by atoms with E-state index in [4.69, 9.17) is 0 Å². The summed E-state index contributed by atoms with van der Waals surface area (Å²) in [4.78, 5) is 2.70. The average molecular weight is 278 g/mol. The quantitative estimate of drug-likeness (QED) is 0.689. The van der Waals surface area contributed by atoms with E-state index in [2.05, 4.69) is 36.2 Å². The summed E-state index contributed by atoms with van der Waals surface area (Å²) in [5.74, 6) is 0. The SMILES string of the molecule is CN1CCC23CCCCC12c1ccccc1CC3.Cl. The first-order valence-electron chi connectivity index (χ1n) is 7.58. The van der Waals surface area contributed by atoms with Crippen LogP contribution in [-0.2, 0) is 12.0 Å². The van der Waals surface area contributed by atoms with Gasteiger partial charge in [0, 0.05) is 0 Å². The molecule has 0 radical (unpaired) electrons. The fourth-order valence-electron chi connectivity index (χ4n) is 5.41. The third-order valence-electron chi connectivity index (χ3n) is 6.23. The summed E-state index contributed by atoms with van der Waals surface area (Å²) in [5, 5.41) is 0. The summed E-state index contributed by atoms with van der Waals surface area (Å²) in [6.45, 7) is 1.30. The van der Waals surface area contributed by atoms with Gasteiger partial charge in [-0.15, -0.1) is 12.4 Å². The summed E-state index contributed by atoms with van der Waals surface area (Å²) < 4.78 is 0. The number of benzene rings is 1. The van der Waals surface area contributed by atoms with E-state index >= 15 is 0 Å². The van der Waals surface area contributed by atoms with Crippen molar-refractivity contribution in [2.24, 2.45) is 5.41 Å². The van der Waals surface area contributed by atoms with Gasteiger partial charge in [-0.3, -0.25) is 4.90 Å². The van der Waals surface area contributed by atoms with Crippen molar-refractivity contribution < 1.29 is 0 Å². The lowest BCUT2D eigenvalue weighted by molar-refractivity contribution is -0.0133. The van der Waals surface area contributed by atoms with Crippen molar-refractivity contribution in [1.29, 1.82) is 0 Å². The predicted octanol–water partition coefficient (Wildman–Crippen LogP) is 4.15. The van der Waals surface area contributed by atoms with Gasteiger partial charge >= 0.3 is 0 Å². The van der Waals surface area contributed by atoms with Crippen LogP contribution in [-0.4, -0.2) is 18.5 Å². The highest BCUT2D eigenvalue weighted by molar-refractivity contribution is 5.85. The predicted molar refractivity (Wildman–Crippen MR) is 81.8 cm³/mol. The second-order valence-electron chi connectivity index (χ2n) is 6.68. The molecular formula is C17H24ClN. The Morgan fingerprint density at radius 2 is 1.79 bits per heavy atom. The molecule has 1 nitrogen and oxygen atoms in total. The van der Waals surface area contributed by atoms with Crippen molar-refractivity contribution in [2.75, 3.05) is 13.6 Å². The normalized spacial score (nSPS) is 36.9. The van der Waals surface area contributed by atoms with E-state index in [1.807, 2.05) is 0 Å². The minimum absolute atomic E-state index is 0. The van der Waals surface area contributed by atoms with Gasteiger partial charge in [0.25, 0.3) is 0 Å². The minimum atomic E-state index is 0. The zero-order valence-electron chi connectivity index (χ0n) is 11.8. The summed E-state index contributed by atoms with van der Waals surface area (Å²) in [6.07, 6.45) is 9.89. The van der Waals surface area contributed by atoms with Crippen LogP contribution in [0.3, 0.4) is 0 Å². The Bertz CT molecular complexity index is 482. The molecule has 2 fully saturated rings. The maximum atomic E-state index is 2.70. The van der Waals surface area contributed by atoms with E-state index in [0.717, 1.165) is 0 Å². The molecule has 2 aliphatic carbocycles. The molecule has 1 aromatic carbocycles. The third-order valence-corrected chi connectivity index (χ3v) is 6.23. The van der Waals surface area contributed by atoms with Gasteiger partial charge in [0.15, 0.2) is 0 Å². The molecule has 1 aliphatic heterocycles. The number of hydrogen-bond acceptors (Lipinski definition) is 1. The molecule has 19 heavy (non-hydrogen) atoms. The Balaban J connectivity index is 0.00000110. The van der Waals surface area contributed by atoms with Gasteiger partial charge in [-0.25, -0.2) is 0 Å². The third kappa shape index (κ3) is 1.52. The number of fused-ring (bicyclic) bond motifs is 1. The smallest absolute Gasteiger partial charge is 0.0517 e. The summed E-state index contributed by atoms with van der Waals surface area (Å²) in [7, 11) is 2.37. The van der Waals surface area contributed by atoms with Crippen LogP contribution in [0.2, 0.25) is 0 Å². The largest absolute Gasteiger partial charge is 0.296 e. The van der Waals surface area contributed by atoms with E-state index in [1.54, 1.807) is 11.1 Å². The van der Waals surface area contributed by atoms with Crippen LogP contribution in [0.1, 0.15) is 49.7 Å². The van der Waals surface area contributed by atoms with E-state index in [-0.39, 0.29) is 12.4 Å². The van der Waals surface area contributed by atoms with Crippen molar-refractivity contribution in [3.8, 4) is 0 Å².